The number of hydrogen-bond donors (Lipinski definition) is 2. The summed E-state index contributed by atoms with van der Waals surface area (Å²) in [6.07, 6.45) is 1.18. The topological polar surface area (TPSA) is 64.7 Å². The van der Waals surface area contributed by atoms with Crippen molar-refractivity contribution >= 4 is 11.9 Å². The average molecular weight is 252 g/mol. The van der Waals surface area contributed by atoms with Crippen LogP contribution in [0.3, 0.4) is 0 Å². The first-order valence-corrected chi connectivity index (χ1v) is 6.62. The second-order valence-corrected chi connectivity index (χ2v) is 5.98. The summed E-state index contributed by atoms with van der Waals surface area (Å²) >= 11 is 0. The van der Waals surface area contributed by atoms with Gasteiger partial charge in [0.2, 0.25) is 0 Å². The Balaban J connectivity index is 1.63. The zero-order valence-electron chi connectivity index (χ0n) is 10.7. The van der Waals surface area contributed by atoms with Gasteiger partial charge in [-0.15, -0.1) is 0 Å². The Hall–Kier alpha value is -1.14. The molecule has 3 saturated heterocycles. The highest BCUT2D eigenvalue weighted by atomic mass is 16.2. The molecule has 6 heteroatoms. The van der Waals surface area contributed by atoms with Crippen molar-refractivity contribution in [3.05, 3.63) is 0 Å². The first kappa shape index (κ1) is 11.9. The predicted molar refractivity (Wildman–Crippen MR) is 66.1 cm³/mol. The number of nitrogens with one attached hydrogen (secondary N) is 2. The normalized spacial score (nSPS) is 36.9. The lowest BCUT2D eigenvalue weighted by Crippen LogP contribution is -2.55. The van der Waals surface area contributed by atoms with Crippen molar-refractivity contribution < 1.29 is 9.59 Å². The third-order valence-corrected chi connectivity index (χ3v) is 4.32. The standard InChI is InChI=1S/C12H20N4O2/c1-12(2-3-13-7-12)8-15-4-5-16-9(6-15)10(17)14-11(16)18/h9,13H,2-8H2,1H3,(H,14,17,18). The molecule has 3 amide bonds. The number of urea groups is 1. The number of imide groups is 1. The number of fused-ring (bicyclic) bond motifs is 1. The third-order valence-electron chi connectivity index (χ3n) is 4.32. The van der Waals surface area contributed by atoms with Crippen LogP contribution in [0.4, 0.5) is 4.79 Å². The molecule has 0 aromatic heterocycles. The van der Waals surface area contributed by atoms with Gasteiger partial charge in [-0.25, -0.2) is 4.79 Å². The number of amides is 3. The van der Waals surface area contributed by atoms with Gasteiger partial charge in [-0.2, -0.15) is 0 Å². The maximum Gasteiger partial charge on any atom is 0.324 e. The highest BCUT2D eigenvalue weighted by molar-refractivity contribution is 6.04. The maximum absolute atomic E-state index is 11.7. The van der Waals surface area contributed by atoms with Gasteiger partial charge >= 0.3 is 6.03 Å². The molecule has 2 unspecified atom stereocenters. The Morgan fingerprint density at radius 2 is 2.22 bits per heavy atom. The molecule has 6 nitrogen and oxygen atoms in total. The summed E-state index contributed by atoms with van der Waals surface area (Å²) in [5, 5.41) is 5.79. The van der Waals surface area contributed by atoms with Crippen LogP contribution in [-0.4, -0.2) is 67.0 Å². The van der Waals surface area contributed by atoms with Gasteiger partial charge in [0.05, 0.1) is 0 Å². The van der Waals surface area contributed by atoms with Crippen LogP contribution in [0.2, 0.25) is 0 Å². The summed E-state index contributed by atoms with van der Waals surface area (Å²) < 4.78 is 0. The van der Waals surface area contributed by atoms with Crippen LogP contribution in [0.5, 0.6) is 0 Å². The molecule has 3 aliphatic rings. The van der Waals surface area contributed by atoms with Gasteiger partial charge < -0.3 is 10.2 Å². The van der Waals surface area contributed by atoms with Crippen LogP contribution in [0.1, 0.15) is 13.3 Å². The number of hydrogen-bond acceptors (Lipinski definition) is 4. The lowest BCUT2D eigenvalue weighted by atomic mass is 9.89. The Bertz CT molecular complexity index is 378. The number of rotatable bonds is 2. The molecule has 2 atom stereocenters. The highest BCUT2D eigenvalue weighted by Gasteiger charge is 2.43. The fourth-order valence-electron chi connectivity index (χ4n) is 3.25. The average Bonchev–Trinajstić information content (AvgIpc) is 2.85. The molecular formula is C12H20N4O2. The molecule has 18 heavy (non-hydrogen) atoms. The van der Waals surface area contributed by atoms with Crippen molar-refractivity contribution in [1.29, 1.82) is 0 Å². The third kappa shape index (κ3) is 1.99. The van der Waals surface area contributed by atoms with Crippen molar-refractivity contribution in [1.82, 2.24) is 20.4 Å². The molecule has 3 rings (SSSR count). The molecule has 3 aliphatic heterocycles. The maximum atomic E-state index is 11.7. The number of carbonyl (C=O) groups excluding carboxylic acids is 2. The van der Waals surface area contributed by atoms with E-state index in [-0.39, 0.29) is 18.0 Å². The largest absolute Gasteiger partial charge is 0.324 e. The van der Waals surface area contributed by atoms with E-state index in [9.17, 15) is 9.59 Å². The number of piperazine rings is 1. The van der Waals surface area contributed by atoms with Crippen molar-refractivity contribution in [2.24, 2.45) is 5.41 Å². The van der Waals surface area contributed by atoms with Crippen LogP contribution in [-0.2, 0) is 4.79 Å². The zero-order chi connectivity index (χ0) is 12.8. The van der Waals surface area contributed by atoms with Gasteiger partial charge in [0.15, 0.2) is 0 Å². The van der Waals surface area contributed by atoms with E-state index in [0.717, 1.165) is 26.2 Å². The molecular weight excluding hydrogens is 232 g/mol. The Morgan fingerprint density at radius 3 is 2.94 bits per heavy atom. The molecule has 0 bridgehead atoms. The Labute approximate surface area is 107 Å². The van der Waals surface area contributed by atoms with Gasteiger partial charge in [-0.3, -0.25) is 15.0 Å². The highest BCUT2D eigenvalue weighted by Crippen LogP contribution is 2.27. The SMILES string of the molecule is CC1(CN2CCN3C(=O)NC(=O)C3C2)CCNC1. The Morgan fingerprint density at radius 1 is 1.39 bits per heavy atom. The fourth-order valence-corrected chi connectivity index (χ4v) is 3.25. The molecule has 3 fully saturated rings. The summed E-state index contributed by atoms with van der Waals surface area (Å²) in [6.45, 7) is 7.62. The van der Waals surface area contributed by atoms with E-state index < -0.39 is 0 Å². The van der Waals surface area contributed by atoms with Crippen molar-refractivity contribution in [3.8, 4) is 0 Å². The van der Waals surface area contributed by atoms with E-state index in [4.69, 9.17) is 0 Å². The van der Waals surface area contributed by atoms with E-state index in [1.807, 2.05) is 0 Å². The van der Waals surface area contributed by atoms with E-state index in [2.05, 4.69) is 22.5 Å². The van der Waals surface area contributed by atoms with Crippen LogP contribution < -0.4 is 10.6 Å². The van der Waals surface area contributed by atoms with E-state index in [0.29, 0.717) is 18.5 Å². The fraction of sp³-hybridized carbons (Fsp3) is 0.833. The lowest BCUT2D eigenvalue weighted by Gasteiger charge is -2.39. The van der Waals surface area contributed by atoms with Gasteiger partial charge in [-0.05, 0) is 18.4 Å². The summed E-state index contributed by atoms with van der Waals surface area (Å²) in [6, 6.07) is -0.498. The second-order valence-electron chi connectivity index (χ2n) is 5.98. The van der Waals surface area contributed by atoms with Gasteiger partial charge in [0.1, 0.15) is 6.04 Å². The van der Waals surface area contributed by atoms with Crippen LogP contribution >= 0.6 is 0 Å². The number of carbonyl (C=O) groups is 2. The molecule has 100 valence electrons. The van der Waals surface area contributed by atoms with Crippen LogP contribution in [0, 0.1) is 5.41 Å². The quantitative estimate of drug-likeness (QED) is 0.633. The molecule has 0 radical (unpaired) electrons. The molecule has 3 heterocycles. The van der Waals surface area contributed by atoms with Crippen molar-refractivity contribution in [2.75, 3.05) is 39.3 Å². The zero-order valence-corrected chi connectivity index (χ0v) is 10.7. The molecule has 2 N–H and O–H groups in total. The van der Waals surface area contributed by atoms with Crippen LogP contribution in [0.25, 0.3) is 0 Å². The van der Waals surface area contributed by atoms with E-state index in [1.54, 1.807) is 4.90 Å². The second kappa shape index (κ2) is 4.20. The minimum absolute atomic E-state index is 0.139. The van der Waals surface area contributed by atoms with E-state index in [1.165, 1.54) is 6.42 Å². The van der Waals surface area contributed by atoms with Gasteiger partial charge in [-0.1, -0.05) is 6.92 Å². The van der Waals surface area contributed by atoms with Crippen molar-refractivity contribution in [2.45, 2.75) is 19.4 Å². The minimum atomic E-state index is -0.274. The van der Waals surface area contributed by atoms with Gasteiger partial charge in [0.25, 0.3) is 5.91 Å². The smallest absolute Gasteiger partial charge is 0.316 e. The van der Waals surface area contributed by atoms with Gasteiger partial charge in [0, 0.05) is 32.7 Å². The summed E-state index contributed by atoms with van der Waals surface area (Å²) in [4.78, 5) is 27.2. The van der Waals surface area contributed by atoms with E-state index >= 15 is 0 Å². The summed E-state index contributed by atoms with van der Waals surface area (Å²) in [5.41, 5.74) is 0.307. The summed E-state index contributed by atoms with van der Waals surface area (Å²) in [5.74, 6) is -0.139. The lowest BCUT2D eigenvalue weighted by molar-refractivity contribution is -0.123. The minimum Gasteiger partial charge on any atom is -0.316 e. The predicted octanol–water partition coefficient (Wildman–Crippen LogP) is -0.778. The molecule has 0 aromatic rings. The summed E-state index contributed by atoms with van der Waals surface area (Å²) in [7, 11) is 0. The Kier molecular flexibility index (Phi) is 2.79. The molecule has 0 saturated carbocycles. The number of nitrogens with zero attached hydrogens (tertiary/aromatic N) is 2. The first-order valence-electron chi connectivity index (χ1n) is 6.62. The monoisotopic (exact) mass is 252 g/mol. The molecule has 0 aliphatic carbocycles. The molecule has 0 spiro atoms. The van der Waals surface area contributed by atoms with Crippen LogP contribution in [0.15, 0.2) is 0 Å². The molecule has 0 aromatic carbocycles. The van der Waals surface area contributed by atoms with Crippen molar-refractivity contribution in [3.63, 3.8) is 0 Å². The first-order chi connectivity index (χ1) is 8.57.